The van der Waals surface area contributed by atoms with E-state index in [0.717, 1.165) is 36.9 Å². The van der Waals surface area contributed by atoms with Gasteiger partial charge in [0.05, 0.1) is 5.41 Å². The quantitative estimate of drug-likeness (QED) is 0.848. The van der Waals surface area contributed by atoms with Crippen LogP contribution in [0.2, 0.25) is 0 Å². The highest BCUT2D eigenvalue weighted by Gasteiger charge is 2.52. The Hall–Kier alpha value is -1.84. The number of carbonyl (C=O) groups is 2. The van der Waals surface area contributed by atoms with E-state index in [4.69, 9.17) is 0 Å². The fourth-order valence-corrected chi connectivity index (χ4v) is 2.78. The molecule has 4 heteroatoms. The van der Waals surface area contributed by atoms with Gasteiger partial charge in [-0.3, -0.25) is 9.59 Å². The molecule has 1 aromatic carbocycles. The molecule has 2 aliphatic carbocycles. The largest absolute Gasteiger partial charge is 0.353 e. The summed E-state index contributed by atoms with van der Waals surface area (Å²) < 4.78 is 0. The van der Waals surface area contributed by atoms with Gasteiger partial charge in [0.2, 0.25) is 11.8 Å². The Balaban J connectivity index is 1.63. The minimum absolute atomic E-state index is 0.0374. The predicted molar refractivity (Wildman–Crippen MR) is 86.6 cm³/mol. The Morgan fingerprint density at radius 1 is 1.18 bits per heavy atom. The van der Waals surface area contributed by atoms with E-state index in [9.17, 15) is 9.59 Å². The molecule has 0 aromatic heterocycles. The van der Waals surface area contributed by atoms with Crippen molar-refractivity contribution in [3.05, 3.63) is 29.8 Å². The number of benzene rings is 1. The van der Waals surface area contributed by atoms with Crippen LogP contribution in [0.4, 0.5) is 5.69 Å². The first-order valence-electron chi connectivity index (χ1n) is 8.21. The first-order chi connectivity index (χ1) is 10.5. The van der Waals surface area contributed by atoms with E-state index < -0.39 is 0 Å². The number of nitrogens with one attached hydrogen (secondary N) is 2. The highest BCUT2D eigenvalue weighted by atomic mass is 16.2. The van der Waals surface area contributed by atoms with Crippen molar-refractivity contribution >= 4 is 17.5 Å². The molecule has 2 aliphatic rings. The third-order valence-corrected chi connectivity index (χ3v) is 4.41. The van der Waals surface area contributed by atoms with Crippen LogP contribution in [0.25, 0.3) is 0 Å². The Labute approximate surface area is 131 Å². The van der Waals surface area contributed by atoms with Crippen LogP contribution < -0.4 is 10.6 Å². The highest BCUT2D eigenvalue weighted by molar-refractivity contribution is 5.93. The van der Waals surface area contributed by atoms with Gasteiger partial charge in [0, 0.05) is 18.2 Å². The minimum atomic E-state index is -0.316. The molecule has 4 nitrogen and oxygen atoms in total. The zero-order chi connectivity index (χ0) is 15.7. The monoisotopic (exact) mass is 300 g/mol. The molecular formula is C18H24N2O2. The van der Waals surface area contributed by atoms with Gasteiger partial charge in [-0.2, -0.15) is 0 Å². The summed E-state index contributed by atoms with van der Waals surface area (Å²) in [7, 11) is 0. The highest BCUT2D eigenvalue weighted by Crippen LogP contribution is 2.49. The number of rotatable bonds is 6. The summed E-state index contributed by atoms with van der Waals surface area (Å²) in [5.74, 6) is 0.557. The maximum Gasteiger partial charge on any atom is 0.230 e. The Bertz CT molecular complexity index is 569. The summed E-state index contributed by atoms with van der Waals surface area (Å²) >= 11 is 0. The Morgan fingerprint density at radius 2 is 1.82 bits per heavy atom. The van der Waals surface area contributed by atoms with Gasteiger partial charge >= 0.3 is 0 Å². The molecule has 118 valence electrons. The zero-order valence-corrected chi connectivity index (χ0v) is 13.3. The van der Waals surface area contributed by atoms with Crippen molar-refractivity contribution in [2.24, 2.45) is 5.92 Å². The Kier molecular flexibility index (Phi) is 3.94. The first-order valence-corrected chi connectivity index (χ1v) is 8.21. The van der Waals surface area contributed by atoms with E-state index in [0.29, 0.717) is 18.4 Å². The van der Waals surface area contributed by atoms with Crippen molar-refractivity contribution in [2.75, 3.05) is 5.32 Å². The lowest BCUT2D eigenvalue weighted by Gasteiger charge is -2.16. The predicted octanol–water partition coefficient (Wildman–Crippen LogP) is 2.98. The van der Waals surface area contributed by atoms with Gasteiger partial charge in [0.1, 0.15) is 0 Å². The normalized spacial score (nSPS) is 18.9. The number of hydrogen-bond donors (Lipinski definition) is 2. The van der Waals surface area contributed by atoms with E-state index in [1.54, 1.807) is 0 Å². The van der Waals surface area contributed by atoms with Crippen LogP contribution in [0.3, 0.4) is 0 Å². The molecule has 2 N–H and O–H groups in total. The van der Waals surface area contributed by atoms with Crippen molar-refractivity contribution in [1.82, 2.24) is 5.32 Å². The summed E-state index contributed by atoms with van der Waals surface area (Å²) in [5.41, 5.74) is 1.54. The van der Waals surface area contributed by atoms with E-state index in [2.05, 4.69) is 10.6 Å². The molecule has 22 heavy (non-hydrogen) atoms. The van der Waals surface area contributed by atoms with Crippen LogP contribution in [-0.4, -0.2) is 17.9 Å². The summed E-state index contributed by atoms with van der Waals surface area (Å²) in [6, 6.07) is 8.16. The molecule has 0 saturated heterocycles. The third kappa shape index (κ3) is 3.32. The zero-order valence-electron chi connectivity index (χ0n) is 13.3. The molecule has 0 bridgehead atoms. The summed E-state index contributed by atoms with van der Waals surface area (Å²) in [5, 5.41) is 6.02. The second kappa shape index (κ2) is 5.75. The molecule has 0 spiro atoms. The second-order valence-corrected chi connectivity index (χ2v) is 7.05. The van der Waals surface area contributed by atoms with Crippen molar-refractivity contribution in [3.63, 3.8) is 0 Å². The molecule has 0 atom stereocenters. The summed E-state index contributed by atoms with van der Waals surface area (Å²) in [6.07, 6.45) is 4.59. The Morgan fingerprint density at radius 3 is 2.32 bits per heavy atom. The number of hydrogen-bond acceptors (Lipinski definition) is 2. The van der Waals surface area contributed by atoms with Crippen molar-refractivity contribution in [1.29, 1.82) is 0 Å². The van der Waals surface area contributed by atoms with E-state index >= 15 is 0 Å². The molecule has 0 aliphatic heterocycles. The van der Waals surface area contributed by atoms with Crippen LogP contribution in [-0.2, 0) is 15.0 Å². The summed E-state index contributed by atoms with van der Waals surface area (Å²) in [6.45, 7) is 4.05. The van der Waals surface area contributed by atoms with Gasteiger partial charge in [-0.05, 0) is 49.3 Å². The van der Waals surface area contributed by atoms with Crippen LogP contribution in [0.15, 0.2) is 24.3 Å². The van der Waals surface area contributed by atoms with Crippen LogP contribution in [0.1, 0.15) is 51.5 Å². The van der Waals surface area contributed by atoms with Crippen LogP contribution in [0, 0.1) is 5.92 Å². The van der Waals surface area contributed by atoms with E-state index in [-0.39, 0.29) is 17.2 Å². The van der Waals surface area contributed by atoms with Crippen molar-refractivity contribution in [2.45, 2.75) is 57.4 Å². The molecule has 0 heterocycles. The topological polar surface area (TPSA) is 58.2 Å². The molecule has 2 saturated carbocycles. The van der Waals surface area contributed by atoms with Gasteiger partial charge in [-0.15, -0.1) is 0 Å². The minimum Gasteiger partial charge on any atom is -0.353 e. The smallest absolute Gasteiger partial charge is 0.230 e. The number of carbonyl (C=O) groups excluding carboxylic acids is 2. The van der Waals surface area contributed by atoms with Crippen LogP contribution in [0.5, 0.6) is 0 Å². The van der Waals surface area contributed by atoms with Crippen molar-refractivity contribution < 1.29 is 9.59 Å². The maximum absolute atomic E-state index is 12.4. The second-order valence-electron chi connectivity index (χ2n) is 7.05. The lowest BCUT2D eigenvalue weighted by Crippen LogP contribution is -2.36. The lowest BCUT2D eigenvalue weighted by atomic mass is 9.94. The molecule has 0 unspecified atom stereocenters. The molecule has 3 rings (SSSR count). The average molecular weight is 300 g/mol. The van der Waals surface area contributed by atoms with E-state index in [1.807, 2.05) is 38.1 Å². The van der Waals surface area contributed by atoms with Gasteiger partial charge in [-0.1, -0.05) is 26.0 Å². The average Bonchev–Trinajstić information content (AvgIpc) is 3.33. The fourth-order valence-electron chi connectivity index (χ4n) is 2.78. The maximum atomic E-state index is 12.4. The first kappa shape index (κ1) is 15.1. The molecule has 1 aromatic rings. The fraction of sp³-hybridized carbons (Fsp3) is 0.556. The van der Waals surface area contributed by atoms with E-state index in [1.165, 1.54) is 0 Å². The lowest BCUT2D eigenvalue weighted by molar-refractivity contribution is -0.123. The van der Waals surface area contributed by atoms with Gasteiger partial charge in [0.15, 0.2) is 0 Å². The number of anilines is 1. The molecule has 0 radical (unpaired) electrons. The summed E-state index contributed by atoms with van der Waals surface area (Å²) in [4.78, 5) is 24.2. The standard InChI is InChI=1S/C18H24N2O2/c1-12(2)11-16(21)19-14-5-3-13(4-6-14)18(9-10-18)17(22)20-15-7-8-15/h3-6,12,15H,7-11H2,1-2H3,(H,19,21)(H,20,22). The van der Waals surface area contributed by atoms with Crippen LogP contribution >= 0.6 is 0 Å². The van der Waals surface area contributed by atoms with Gasteiger partial charge in [0.25, 0.3) is 0 Å². The molecule has 2 fully saturated rings. The molecule has 2 amide bonds. The van der Waals surface area contributed by atoms with Gasteiger partial charge in [-0.25, -0.2) is 0 Å². The van der Waals surface area contributed by atoms with Gasteiger partial charge < -0.3 is 10.6 Å². The molecular weight excluding hydrogens is 276 g/mol. The SMILES string of the molecule is CC(C)CC(=O)Nc1ccc(C2(C(=O)NC3CC3)CC2)cc1. The van der Waals surface area contributed by atoms with Crippen molar-refractivity contribution in [3.8, 4) is 0 Å². The number of amides is 2. The third-order valence-electron chi connectivity index (χ3n) is 4.41.